The SMILES string of the molecule is Cc1ncsc1CN(C)C(=O)c1sc(N)nc1C. The van der Waals surface area contributed by atoms with Gasteiger partial charge in [0.1, 0.15) is 4.88 Å². The minimum Gasteiger partial charge on any atom is -0.375 e. The molecule has 18 heavy (non-hydrogen) atoms. The summed E-state index contributed by atoms with van der Waals surface area (Å²) < 4.78 is 0. The predicted molar refractivity (Wildman–Crippen MR) is 73.9 cm³/mol. The minimum atomic E-state index is -0.0468. The Hall–Kier alpha value is -1.47. The van der Waals surface area contributed by atoms with Gasteiger partial charge >= 0.3 is 0 Å². The maximum atomic E-state index is 12.2. The summed E-state index contributed by atoms with van der Waals surface area (Å²) in [6.45, 7) is 4.30. The van der Waals surface area contributed by atoms with Crippen LogP contribution >= 0.6 is 22.7 Å². The van der Waals surface area contributed by atoms with Gasteiger partial charge in [0.25, 0.3) is 5.91 Å². The molecule has 2 N–H and O–H groups in total. The molecule has 0 aliphatic carbocycles. The van der Waals surface area contributed by atoms with E-state index >= 15 is 0 Å². The van der Waals surface area contributed by atoms with Crippen LogP contribution in [0, 0.1) is 13.8 Å². The van der Waals surface area contributed by atoms with Crippen molar-refractivity contribution in [3.63, 3.8) is 0 Å². The average Bonchev–Trinajstić information content (AvgIpc) is 2.85. The summed E-state index contributed by atoms with van der Waals surface area (Å²) in [5, 5.41) is 0.429. The lowest BCUT2D eigenvalue weighted by molar-refractivity contribution is 0.0790. The summed E-state index contributed by atoms with van der Waals surface area (Å²) >= 11 is 2.79. The van der Waals surface area contributed by atoms with Crippen LogP contribution in [0.3, 0.4) is 0 Å². The number of hydrogen-bond donors (Lipinski definition) is 1. The quantitative estimate of drug-likeness (QED) is 0.935. The molecule has 0 bridgehead atoms. The van der Waals surface area contributed by atoms with Gasteiger partial charge in [-0.1, -0.05) is 11.3 Å². The van der Waals surface area contributed by atoms with Crippen LogP contribution in [0.5, 0.6) is 0 Å². The van der Waals surface area contributed by atoms with Gasteiger partial charge in [-0.25, -0.2) is 9.97 Å². The predicted octanol–water partition coefficient (Wildman–Crippen LogP) is 2.07. The first-order valence-corrected chi connectivity index (χ1v) is 7.06. The monoisotopic (exact) mass is 282 g/mol. The number of nitrogen functional groups attached to an aromatic ring is 1. The number of nitrogens with zero attached hydrogens (tertiary/aromatic N) is 3. The van der Waals surface area contributed by atoms with Crippen LogP contribution < -0.4 is 5.73 Å². The normalized spacial score (nSPS) is 10.6. The molecular formula is C11H14N4OS2. The molecule has 0 fully saturated rings. The van der Waals surface area contributed by atoms with Crippen molar-refractivity contribution < 1.29 is 4.79 Å². The molecule has 2 aromatic heterocycles. The smallest absolute Gasteiger partial charge is 0.265 e. The zero-order chi connectivity index (χ0) is 13.3. The molecule has 0 aliphatic heterocycles. The van der Waals surface area contributed by atoms with Gasteiger partial charge in [0.2, 0.25) is 0 Å². The number of rotatable bonds is 3. The molecule has 7 heteroatoms. The van der Waals surface area contributed by atoms with E-state index in [0.29, 0.717) is 22.2 Å². The van der Waals surface area contributed by atoms with Crippen LogP contribution in [0.15, 0.2) is 5.51 Å². The van der Waals surface area contributed by atoms with Gasteiger partial charge in [0.15, 0.2) is 5.13 Å². The number of amides is 1. The standard InChI is InChI=1S/C11H14N4OS2/c1-6-8(17-5-13-6)4-15(3)10(16)9-7(2)14-11(12)18-9/h5H,4H2,1-3H3,(H2,12,14). The molecule has 0 saturated heterocycles. The van der Waals surface area contributed by atoms with E-state index in [0.717, 1.165) is 10.6 Å². The molecule has 2 heterocycles. The lowest BCUT2D eigenvalue weighted by atomic mass is 10.3. The van der Waals surface area contributed by atoms with Gasteiger partial charge in [-0.15, -0.1) is 11.3 Å². The van der Waals surface area contributed by atoms with Crippen molar-refractivity contribution in [2.75, 3.05) is 12.8 Å². The number of nitrogens with two attached hydrogens (primary N) is 1. The number of aryl methyl sites for hydroxylation is 2. The Balaban J connectivity index is 2.14. The first-order valence-electron chi connectivity index (χ1n) is 5.36. The fourth-order valence-electron chi connectivity index (χ4n) is 1.55. The fourth-order valence-corrected chi connectivity index (χ4v) is 3.21. The van der Waals surface area contributed by atoms with E-state index in [9.17, 15) is 4.79 Å². The fraction of sp³-hybridized carbons (Fsp3) is 0.364. The number of carbonyl (C=O) groups excluding carboxylic acids is 1. The summed E-state index contributed by atoms with van der Waals surface area (Å²) in [5.74, 6) is -0.0468. The van der Waals surface area contributed by atoms with Crippen molar-refractivity contribution in [1.29, 1.82) is 0 Å². The Morgan fingerprint density at radius 2 is 2.17 bits per heavy atom. The second kappa shape index (κ2) is 5.03. The van der Waals surface area contributed by atoms with Crippen molar-refractivity contribution >= 4 is 33.7 Å². The lowest BCUT2D eigenvalue weighted by Crippen LogP contribution is -2.25. The Morgan fingerprint density at radius 3 is 2.67 bits per heavy atom. The van der Waals surface area contributed by atoms with Crippen molar-refractivity contribution in [2.45, 2.75) is 20.4 Å². The highest BCUT2D eigenvalue weighted by atomic mass is 32.1. The molecule has 96 valence electrons. The average molecular weight is 282 g/mol. The maximum Gasteiger partial charge on any atom is 0.265 e. The Bertz CT molecular complexity index is 575. The van der Waals surface area contributed by atoms with Crippen molar-refractivity contribution in [1.82, 2.24) is 14.9 Å². The zero-order valence-corrected chi connectivity index (χ0v) is 12.1. The van der Waals surface area contributed by atoms with E-state index in [1.165, 1.54) is 11.3 Å². The Kier molecular flexibility index (Phi) is 3.63. The molecule has 0 atom stereocenters. The van der Waals surface area contributed by atoms with E-state index in [4.69, 9.17) is 5.73 Å². The Labute approximate surface area is 113 Å². The van der Waals surface area contributed by atoms with Gasteiger partial charge in [0.05, 0.1) is 23.4 Å². The van der Waals surface area contributed by atoms with Crippen LogP contribution in [0.4, 0.5) is 5.13 Å². The molecule has 0 unspecified atom stereocenters. The van der Waals surface area contributed by atoms with Crippen LogP contribution in [0.1, 0.15) is 25.9 Å². The highest BCUT2D eigenvalue weighted by Gasteiger charge is 2.19. The summed E-state index contributed by atoms with van der Waals surface area (Å²) in [6.07, 6.45) is 0. The lowest BCUT2D eigenvalue weighted by Gasteiger charge is -2.15. The van der Waals surface area contributed by atoms with E-state index in [-0.39, 0.29) is 5.91 Å². The van der Waals surface area contributed by atoms with E-state index < -0.39 is 0 Å². The van der Waals surface area contributed by atoms with Crippen molar-refractivity contribution in [3.05, 3.63) is 26.7 Å². The molecular weight excluding hydrogens is 268 g/mol. The number of carbonyl (C=O) groups is 1. The number of anilines is 1. The molecule has 0 aromatic carbocycles. The third-order valence-electron chi connectivity index (χ3n) is 2.58. The van der Waals surface area contributed by atoms with Crippen LogP contribution in [0.2, 0.25) is 0 Å². The van der Waals surface area contributed by atoms with Gasteiger partial charge < -0.3 is 10.6 Å². The van der Waals surface area contributed by atoms with E-state index in [1.807, 2.05) is 6.92 Å². The van der Waals surface area contributed by atoms with Gasteiger partial charge in [-0.3, -0.25) is 4.79 Å². The molecule has 0 saturated carbocycles. The van der Waals surface area contributed by atoms with Crippen molar-refractivity contribution in [3.8, 4) is 0 Å². The van der Waals surface area contributed by atoms with Crippen LogP contribution in [-0.4, -0.2) is 27.8 Å². The summed E-state index contributed by atoms with van der Waals surface area (Å²) in [4.78, 5) is 23.9. The number of thiazole rings is 2. The zero-order valence-electron chi connectivity index (χ0n) is 10.4. The van der Waals surface area contributed by atoms with E-state index in [2.05, 4.69) is 9.97 Å². The first-order chi connectivity index (χ1) is 8.49. The second-order valence-corrected chi connectivity index (χ2v) is 5.96. The molecule has 0 spiro atoms. The number of aromatic nitrogens is 2. The summed E-state index contributed by atoms with van der Waals surface area (Å²) in [7, 11) is 1.77. The molecule has 0 radical (unpaired) electrons. The molecule has 2 rings (SSSR count). The van der Waals surface area contributed by atoms with Crippen molar-refractivity contribution in [2.24, 2.45) is 0 Å². The largest absolute Gasteiger partial charge is 0.375 e. The van der Waals surface area contributed by atoms with Gasteiger partial charge in [-0.05, 0) is 13.8 Å². The maximum absolute atomic E-state index is 12.2. The molecule has 0 aliphatic rings. The molecule has 2 aromatic rings. The first kappa shape index (κ1) is 13.0. The Morgan fingerprint density at radius 1 is 1.44 bits per heavy atom. The van der Waals surface area contributed by atoms with Gasteiger partial charge in [-0.2, -0.15) is 0 Å². The summed E-state index contributed by atoms with van der Waals surface area (Å²) in [6, 6.07) is 0. The minimum absolute atomic E-state index is 0.0468. The second-order valence-electron chi connectivity index (χ2n) is 3.99. The van der Waals surface area contributed by atoms with Crippen LogP contribution in [-0.2, 0) is 6.54 Å². The van der Waals surface area contributed by atoms with Gasteiger partial charge in [0, 0.05) is 11.9 Å². The molecule has 1 amide bonds. The molecule has 5 nitrogen and oxygen atoms in total. The van der Waals surface area contributed by atoms with E-state index in [1.54, 1.807) is 35.7 Å². The summed E-state index contributed by atoms with van der Waals surface area (Å²) in [5.41, 5.74) is 9.06. The topological polar surface area (TPSA) is 72.1 Å². The van der Waals surface area contributed by atoms with Crippen LogP contribution in [0.25, 0.3) is 0 Å². The highest BCUT2D eigenvalue weighted by Crippen LogP contribution is 2.22. The third kappa shape index (κ3) is 2.51. The highest BCUT2D eigenvalue weighted by molar-refractivity contribution is 7.17. The third-order valence-corrected chi connectivity index (χ3v) is 4.47. The number of hydrogen-bond acceptors (Lipinski definition) is 6.